The highest BCUT2D eigenvalue weighted by Crippen LogP contribution is 2.30. The van der Waals surface area contributed by atoms with Crippen molar-refractivity contribution in [3.8, 4) is 11.5 Å². The molecule has 1 aromatic carbocycles. The number of aliphatic hydroxyl groups excluding tert-OH is 1. The zero-order valence-electron chi connectivity index (χ0n) is 12.6. The minimum atomic E-state index is -0.0321. The number of nitrogens with one attached hydrogen (secondary N) is 1. The molecule has 0 radical (unpaired) electrons. The monoisotopic (exact) mass is 291 g/mol. The van der Waals surface area contributed by atoms with Crippen molar-refractivity contribution in [1.29, 1.82) is 0 Å². The van der Waals surface area contributed by atoms with Crippen LogP contribution in [-0.2, 0) is 13.6 Å². The molecule has 0 spiro atoms. The molecule has 114 valence electrons. The Labute approximate surface area is 124 Å². The molecule has 2 N–H and O–H groups in total. The van der Waals surface area contributed by atoms with Gasteiger partial charge in [0.15, 0.2) is 11.5 Å². The fraction of sp³-hybridized carbons (Fsp3) is 0.400. The van der Waals surface area contributed by atoms with Crippen LogP contribution in [-0.4, -0.2) is 35.2 Å². The first kappa shape index (κ1) is 15.2. The van der Waals surface area contributed by atoms with Crippen LogP contribution in [0.3, 0.4) is 0 Å². The lowest BCUT2D eigenvalue weighted by Gasteiger charge is -2.12. The topological polar surface area (TPSA) is 68.5 Å². The van der Waals surface area contributed by atoms with Crippen LogP contribution in [0.4, 0.5) is 5.69 Å². The molecular formula is C15H21N3O3. The molecule has 1 aromatic heterocycles. The number of rotatable bonds is 7. The average Bonchev–Trinajstić information content (AvgIpc) is 2.82. The molecule has 0 amide bonds. The first-order chi connectivity index (χ1) is 10.2. The maximum atomic E-state index is 8.85. The van der Waals surface area contributed by atoms with Gasteiger partial charge in [-0.1, -0.05) is 0 Å². The van der Waals surface area contributed by atoms with Gasteiger partial charge in [-0.2, -0.15) is 5.10 Å². The Balaban J connectivity index is 2.07. The highest BCUT2D eigenvalue weighted by molar-refractivity contribution is 5.55. The molecule has 1 heterocycles. The molecule has 0 saturated heterocycles. The minimum absolute atomic E-state index is 0.0321. The molecule has 2 aromatic rings. The SMILES string of the molecule is COc1ccc(NCc2cnn(C)c2C)cc1OCCO. The Morgan fingerprint density at radius 2 is 2.14 bits per heavy atom. The molecule has 6 heteroatoms. The number of aromatic nitrogens is 2. The summed E-state index contributed by atoms with van der Waals surface area (Å²) in [6.45, 7) is 2.93. The Morgan fingerprint density at radius 3 is 2.76 bits per heavy atom. The maximum absolute atomic E-state index is 8.85. The first-order valence-electron chi connectivity index (χ1n) is 6.78. The van der Waals surface area contributed by atoms with Crippen molar-refractivity contribution in [3.63, 3.8) is 0 Å². The molecule has 0 bridgehead atoms. The van der Waals surface area contributed by atoms with Crippen LogP contribution in [0.25, 0.3) is 0 Å². The third-order valence-electron chi connectivity index (χ3n) is 3.33. The van der Waals surface area contributed by atoms with E-state index in [1.807, 2.05) is 43.0 Å². The molecule has 2 rings (SSSR count). The van der Waals surface area contributed by atoms with Crippen molar-refractivity contribution < 1.29 is 14.6 Å². The standard InChI is InChI=1S/C15H21N3O3/c1-11-12(10-17-18(11)2)9-16-13-4-5-14(20-3)15(8-13)21-7-6-19/h4-5,8,10,16,19H,6-7,9H2,1-3H3. The molecule has 21 heavy (non-hydrogen) atoms. The van der Waals surface area contributed by atoms with Crippen molar-refractivity contribution >= 4 is 5.69 Å². The van der Waals surface area contributed by atoms with E-state index < -0.39 is 0 Å². The van der Waals surface area contributed by atoms with E-state index in [0.29, 0.717) is 18.0 Å². The lowest BCUT2D eigenvalue weighted by atomic mass is 10.2. The quantitative estimate of drug-likeness (QED) is 0.813. The van der Waals surface area contributed by atoms with Crippen LogP contribution in [0, 0.1) is 6.92 Å². The average molecular weight is 291 g/mol. The van der Waals surface area contributed by atoms with Gasteiger partial charge in [0, 0.05) is 36.6 Å². The van der Waals surface area contributed by atoms with E-state index in [4.69, 9.17) is 14.6 Å². The van der Waals surface area contributed by atoms with Crippen LogP contribution in [0.5, 0.6) is 11.5 Å². The van der Waals surface area contributed by atoms with E-state index in [-0.39, 0.29) is 13.2 Å². The number of methoxy groups -OCH3 is 1. The first-order valence-corrected chi connectivity index (χ1v) is 6.78. The summed E-state index contributed by atoms with van der Waals surface area (Å²) >= 11 is 0. The predicted molar refractivity (Wildman–Crippen MR) is 80.8 cm³/mol. The number of benzene rings is 1. The van der Waals surface area contributed by atoms with Crippen molar-refractivity contribution in [1.82, 2.24) is 9.78 Å². The van der Waals surface area contributed by atoms with Gasteiger partial charge in [-0.15, -0.1) is 0 Å². The summed E-state index contributed by atoms with van der Waals surface area (Å²) in [4.78, 5) is 0. The minimum Gasteiger partial charge on any atom is -0.493 e. The molecule has 0 aliphatic rings. The van der Waals surface area contributed by atoms with E-state index >= 15 is 0 Å². The molecule has 0 saturated carbocycles. The summed E-state index contributed by atoms with van der Waals surface area (Å²) in [7, 11) is 3.51. The van der Waals surface area contributed by atoms with Gasteiger partial charge < -0.3 is 19.9 Å². The summed E-state index contributed by atoms with van der Waals surface area (Å²) in [5.41, 5.74) is 3.20. The Morgan fingerprint density at radius 1 is 1.33 bits per heavy atom. The molecule has 6 nitrogen and oxygen atoms in total. The van der Waals surface area contributed by atoms with Crippen molar-refractivity contribution in [2.75, 3.05) is 25.6 Å². The molecular weight excluding hydrogens is 270 g/mol. The van der Waals surface area contributed by atoms with Crippen molar-refractivity contribution in [2.45, 2.75) is 13.5 Å². The summed E-state index contributed by atoms with van der Waals surface area (Å²) in [5, 5.41) is 16.4. The van der Waals surface area contributed by atoms with Crippen LogP contribution in [0.1, 0.15) is 11.3 Å². The van der Waals surface area contributed by atoms with E-state index in [1.54, 1.807) is 7.11 Å². The predicted octanol–water partition coefficient (Wildman–Crippen LogP) is 1.72. The van der Waals surface area contributed by atoms with Gasteiger partial charge in [0.2, 0.25) is 0 Å². The molecule has 0 atom stereocenters. The lowest BCUT2D eigenvalue weighted by molar-refractivity contribution is 0.196. The lowest BCUT2D eigenvalue weighted by Crippen LogP contribution is -2.05. The van der Waals surface area contributed by atoms with Crippen LogP contribution < -0.4 is 14.8 Å². The zero-order chi connectivity index (χ0) is 15.2. The van der Waals surface area contributed by atoms with Gasteiger partial charge >= 0.3 is 0 Å². The normalized spacial score (nSPS) is 10.5. The molecule has 0 unspecified atom stereocenters. The molecule has 0 fully saturated rings. The van der Waals surface area contributed by atoms with Crippen LogP contribution in [0.2, 0.25) is 0 Å². The number of aliphatic hydroxyl groups is 1. The highest BCUT2D eigenvalue weighted by atomic mass is 16.5. The number of anilines is 1. The third kappa shape index (κ3) is 3.66. The van der Waals surface area contributed by atoms with E-state index in [2.05, 4.69) is 10.4 Å². The largest absolute Gasteiger partial charge is 0.493 e. The summed E-state index contributed by atoms with van der Waals surface area (Å²) in [6, 6.07) is 5.63. The second-order valence-corrected chi connectivity index (χ2v) is 4.67. The number of hydrogen-bond donors (Lipinski definition) is 2. The highest BCUT2D eigenvalue weighted by Gasteiger charge is 2.07. The maximum Gasteiger partial charge on any atom is 0.163 e. The van der Waals surface area contributed by atoms with Gasteiger partial charge in [0.1, 0.15) is 6.61 Å². The second-order valence-electron chi connectivity index (χ2n) is 4.67. The van der Waals surface area contributed by atoms with Gasteiger partial charge in [0.25, 0.3) is 0 Å². The molecule has 0 aliphatic heterocycles. The Hall–Kier alpha value is -2.21. The number of nitrogens with zero attached hydrogens (tertiary/aromatic N) is 2. The third-order valence-corrected chi connectivity index (χ3v) is 3.33. The van der Waals surface area contributed by atoms with E-state index in [1.165, 1.54) is 0 Å². The van der Waals surface area contributed by atoms with E-state index in [9.17, 15) is 0 Å². The summed E-state index contributed by atoms with van der Waals surface area (Å²) in [6.07, 6.45) is 1.86. The van der Waals surface area contributed by atoms with Gasteiger partial charge in [-0.3, -0.25) is 4.68 Å². The smallest absolute Gasteiger partial charge is 0.163 e. The Kier molecular flexibility index (Phi) is 5.05. The van der Waals surface area contributed by atoms with Gasteiger partial charge in [0.05, 0.1) is 19.9 Å². The summed E-state index contributed by atoms with van der Waals surface area (Å²) < 4.78 is 12.5. The van der Waals surface area contributed by atoms with Crippen molar-refractivity contribution in [3.05, 3.63) is 35.7 Å². The number of aryl methyl sites for hydroxylation is 1. The summed E-state index contributed by atoms with van der Waals surface area (Å²) in [5.74, 6) is 1.26. The van der Waals surface area contributed by atoms with Crippen molar-refractivity contribution in [2.24, 2.45) is 7.05 Å². The fourth-order valence-electron chi connectivity index (χ4n) is 1.97. The number of hydrogen-bond acceptors (Lipinski definition) is 5. The van der Waals surface area contributed by atoms with Crippen LogP contribution in [0.15, 0.2) is 24.4 Å². The zero-order valence-corrected chi connectivity index (χ0v) is 12.6. The van der Waals surface area contributed by atoms with Crippen LogP contribution >= 0.6 is 0 Å². The Bertz CT molecular complexity index is 596. The number of ether oxygens (including phenoxy) is 2. The van der Waals surface area contributed by atoms with Gasteiger partial charge in [-0.25, -0.2) is 0 Å². The second kappa shape index (κ2) is 6.99. The van der Waals surface area contributed by atoms with Gasteiger partial charge in [-0.05, 0) is 19.1 Å². The van der Waals surface area contributed by atoms with E-state index in [0.717, 1.165) is 16.9 Å². The molecule has 0 aliphatic carbocycles. The fourth-order valence-corrected chi connectivity index (χ4v) is 1.97.